The minimum absolute atomic E-state index is 0.0926. The summed E-state index contributed by atoms with van der Waals surface area (Å²) >= 11 is 3.45. The van der Waals surface area contributed by atoms with Crippen molar-refractivity contribution >= 4 is 32.7 Å². The smallest absolute Gasteiger partial charge is 0.251 e. The number of hydrogen-bond acceptors (Lipinski definition) is 2. The Morgan fingerprint density at radius 3 is 2.64 bits per heavy atom. The van der Waals surface area contributed by atoms with Gasteiger partial charge < -0.3 is 5.32 Å². The van der Waals surface area contributed by atoms with E-state index in [2.05, 4.69) is 57.5 Å². The number of rotatable bonds is 5. The predicted molar refractivity (Wildman–Crippen MR) is 115 cm³/mol. The number of hydrogen-bond donors (Lipinski definition) is 1. The van der Waals surface area contributed by atoms with E-state index in [9.17, 15) is 4.79 Å². The summed E-state index contributed by atoms with van der Waals surface area (Å²) in [4.78, 5) is 12.6. The highest BCUT2D eigenvalue weighted by molar-refractivity contribution is 9.10. The monoisotopic (exact) mass is 433 g/mol. The molecule has 0 spiro atoms. The third-order valence-electron chi connectivity index (χ3n) is 4.70. The number of aromatic nitrogens is 2. The molecule has 3 aromatic carbocycles. The van der Waals surface area contributed by atoms with E-state index < -0.39 is 0 Å². The number of aryl methyl sites for hydroxylation is 1. The Balaban J connectivity index is 1.53. The molecule has 1 N–H and O–H groups in total. The average Bonchev–Trinajstić information content (AvgIpc) is 3.10. The minimum atomic E-state index is -0.0926. The molecule has 4 rings (SSSR count). The Bertz CT molecular complexity index is 1130. The third-order valence-corrected chi connectivity index (χ3v) is 5.20. The summed E-state index contributed by atoms with van der Waals surface area (Å²) in [5, 5.41) is 8.51. The summed E-state index contributed by atoms with van der Waals surface area (Å²) in [7, 11) is 0. The Kier molecular flexibility index (Phi) is 5.26. The zero-order valence-electron chi connectivity index (χ0n) is 15.5. The van der Waals surface area contributed by atoms with Crippen LogP contribution < -0.4 is 5.32 Å². The maximum atomic E-state index is 12.6. The van der Waals surface area contributed by atoms with Gasteiger partial charge in [0.1, 0.15) is 0 Å². The van der Waals surface area contributed by atoms with Gasteiger partial charge in [0, 0.05) is 22.0 Å². The van der Waals surface area contributed by atoms with Gasteiger partial charge in [0.25, 0.3) is 5.91 Å². The molecule has 1 heterocycles. The van der Waals surface area contributed by atoms with Crippen LogP contribution in [0.1, 0.15) is 27.0 Å². The van der Waals surface area contributed by atoms with Crippen molar-refractivity contribution in [3.8, 4) is 0 Å². The lowest BCUT2D eigenvalue weighted by Gasteiger charge is -2.08. The van der Waals surface area contributed by atoms with Gasteiger partial charge in [-0.25, -0.2) is 0 Å². The summed E-state index contributed by atoms with van der Waals surface area (Å²) < 4.78 is 2.94. The summed E-state index contributed by atoms with van der Waals surface area (Å²) in [6, 6.07) is 22.0. The Morgan fingerprint density at radius 1 is 1.04 bits per heavy atom. The maximum absolute atomic E-state index is 12.6. The summed E-state index contributed by atoms with van der Waals surface area (Å²) in [5.41, 5.74) is 5.05. The second kappa shape index (κ2) is 7.98. The Hall–Kier alpha value is -2.92. The highest BCUT2D eigenvalue weighted by atomic mass is 79.9. The first kappa shape index (κ1) is 18.4. The van der Waals surface area contributed by atoms with E-state index >= 15 is 0 Å². The molecule has 0 aliphatic rings. The number of nitrogens with one attached hydrogen (secondary N) is 1. The van der Waals surface area contributed by atoms with Crippen LogP contribution >= 0.6 is 15.9 Å². The van der Waals surface area contributed by atoms with Crippen molar-refractivity contribution in [1.29, 1.82) is 0 Å². The molecule has 1 aromatic heterocycles. The van der Waals surface area contributed by atoms with Gasteiger partial charge in [-0.15, -0.1) is 0 Å². The zero-order chi connectivity index (χ0) is 19.5. The van der Waals surface area contributed by atoms with Crippen LogP contribution in [0.2, 0.25) is 0 Å². The number of carbonyl (C=O) groups excluding carboxylic acids is 1. The summed E-state index contributed by atoms with van der Waals surface area (Å²) in [5.74, 6) is -0.0926. The standard InChI is InChI=1S/C23H20BrN3O/c1-16-5-7-17(8-6-16)15-27-22-12-19(9-10-20(22)14-26-27)23(28)25-13-18-3-2-4-21(24)11-18/h2-12,14H,13,15H2,1H3,(H,25,28). The molecule has 5 heteroatoms. The SMILES string of the molecule is Cc1ccc(Cn2ncc3ccc(C(=O)NCc4cccc(Br)c4)cc32)cc1. The zero-order valence-corrected chi connectivity index (χ0v) is 17.1. The quantitative estimate of drug-likeness (QED) is 0.476. The molecular formula is C23H20BrN3O. The maximum Gasteiger partial charge on any atom is 0.251 e. The first-order valence-corrected chi connectivity index (χ1v) is 9.91. The van der Waals surface area contributed by atoms with E-state index in [-0.39, 0.29) is 5.91 Å². The van der Waals surface area contributed by atoms with Gasteiger partial charge in [-0.3, -0.25) is 9.48 Å². The van der Waals surface area contributed by atoms with E-state index in [0.29, 0.717) is 18.7 Å². The fourth-order valence-corrected chi connectivity index (χ4v) is 3.58. The van der Waals surface area contributed by atoms with Gasteiger partial charge in [-0.1, -0.05) is 64.0 Å². The van der Waals surface area contributed by atoms with Gasteiger partial charge in [0.05, 0.1) is 18.3 Å². The van der Waals surface area contributed by atoms with Gasteiger partial charge in [-0.05, 0) is 42.3 Å². The Morgan fingerprint density at radius 2 is 1.86 bits per heavy atom. The van der Waals surface area contributed by atoms with Crippen LogP contribution in [0.25, 0.3) is 10.9 Å². The van der Waals surface area contributed by atoms with Crippen LogP contribution in [0, 0.1) is 6.92 Å². The molecule has 0 atom stereocenters. The van der Waals surface area contributed by atoms with Crippen LogP contribution in [-0.4, -0.2) is 15.7 Å². The van der Waals surface area contributed by atoms with Crippen molar-refractivity contribution < 1.29 is 4.79 Å². The minimum Gasteiger partial charge on any atom is -0.348 e. The van der Waals surface area contributed by atoms with Gasteiger partial charge in [-0.2, -0.15) is 5.10 Å². The van der Waals surface area contributed by atoms with Gasteiger partial charge in [0.2, 0.25) is 0 Å². The number of carbonyl (C=O) groups is 1. The normalized spacial score (nSPS) is 10.9. The molecule has 0 aliphatic carbocycles. The topological polar surface area (TPSA) is 46.9 Å². The molecular weight excluding hydrogens is 414 g/mol. The second-order valence-corrected chi connectivity index (χ2v) is 7.79. The van der Waals surface area contributed by atoms with Crippen molar-refractivity contribution in [2.24, 2.45) is 0 Å². The highest BCUT2D eigenvalue weighted by Gasteiger charge is 2.10. The lowest BCUT2D eigenvalue weighted by Crippen LogP contribution is -2.22. The van der Waals surface area contributed by atoms with Crippen molar-refractivity contribution in [2.75, 3.05) is 0 Å². The predicted octanol–water partition coefficient (Wildman–Crippen LogP) is 5.09. The van der Waals surface area contributed by atoms with E-state index in [1.807, 2.05) is 53.3 Å². The van der Waals surface area contributed by atoms with E-state index in [0.717, 1.165) is 20.9 Å². The molecule has 0 aliphatic heterocycles. The molecule has 4 nitrogen and oxygen atoms in total. The molecule has 4 aromatic rings. The van der Waals surface area contributed by atoms with Crippen LogP contribution in [0.3, 0.4) is 0 Å². The first-order chi connectivity index (χ1) is 13.6. The number of fused-ring (bicyclic) bond motifs is 1. The van der Waals surface area contributed by atoms with Gasteiger partial charge in [0.15, 0.2) is 0 Å². The number of amides is 1. The molecule has 0 saturated carbocycles. The lowest BCUT2D eigenvalue weighted by molar-refractivity contribution is 0.0951. The molecule has 0 unspecified atom stereocenters. The molecule has 28 heavy (non-hydrogen) atoms. The first-order valence-electron chi connectivity index (χ1n) is 9.12. The molecule has 0 saturated heterocycles. The molecule has 0 radical (unpaired) electrons. The number of benzene rings is 3. The second-order valence-electron chi connectivity index (χ2n) is 6.87. The van der Waals surface area contributed by atoms with Crippen molar-refractivity contribution in [3.63, 3.8) is 0 Å². The van der Waals surface area contributed by atoms with Crippen LogP contribution in [0.15, 0.2) is 77.4 Å². The van der Waals surface area contributed by atoms with Crippen LogP contribution in [0.4, 0.5) is 0 Å². The van der Waals surface area contributed by atoms with E-state index in [1.165, 1.54) is 11.1 Å². The summed E-state index contributed by atoms with van der Waals surface area (Å²) in [6.07, 6.45) is 1.84. The van der Waals surface area contributed by atoms with E-state index in [1.54, 1.807) is 0 Å². The highest BCUT2D eigenvalue weighted by Crippen LogP contribution is 2.18. The van der Waals surface area contributed by atoms with Crippen LogP contribution in [0.5, 0.6) is 0 Å². The third kappa shape index (κ3) is 4.15. The fraction of sp³-hybridized carbons (Fsp3) is 0.130. The summed E-state index contributed by atoms with van der Waals surface area (Å²) in [6.45, 7) is 3.23. The largest absolute Gasteiger partial charge is 0.348 e. The van der Waals surface area contributed by atoms with E-state index in [4.69, 9.17) is 0 Å². The number of nitrogens with zero attached hydrogens (tertiary/aromatic N) is 2. The molecule has 1 amide bonds. The molecule has 140 valence electrons. The number of halogens is 1. The van der Waals surface area contributed by atoms with Gasteiger partial charge >= 0.3 is 0 Å². The Labute approximate surface area is 172 Å². The average molecular weight is 434 g/mol. The van der Waals surface area contributed by atoms with Crippen molar-refractivity contribution in [3.05, 3.63) is 99.7 Å². The van der Waals surface area contributed by atoms with Crippen molar-refractivity contribution in [1.82, 2.24) is 15.1 Å². The fourth-order valence-electron chi connectivity index (χ4n) is 3.14. The molecule has 0 fully saturated rings. The van der Waals surface area contributed by atoms with Crippen molar-refractivity contribution in [2.45, 2.75) is 20.0 Å². The molecule has 0 bridgehead atoms. The lowest BCUT2D eigenvalue weighted by atomic mass is 10.1. The van der Waals surface area contributed by atoms with Crippen LogP contribution in [-0.2, 0) is 13.1 Å².